The predicted octanol–water partition coefficient (Wildman–Crippen LogP) is 15.2. The summed E-state index contributed by atoms with van der Waals surface area (Å²) >= 11 is 0. The third-order valence-corrected chi connectivity index (χ3v) is 11.3. The first-order valence-electron chi connectivity index (χ1n) is 24.1. The van der Waals surface area contributed by atoms with Gasteiger partial charge in [-0.1, -0.05) is 221 Å². The molecule has 2 atom stereocenters. The fraction of sp³-hybridized carbons (Fsp3) is 0.939. The zero-order valence-corrected chi connectivity index (χ0v) is 37.7. The van der Waals surface area contributed by atoms with Gasteiger partial charge in [-0.15, -0.1) is 0 Å². The Bertz CT molecular complexity index is 854. The number of unbranched alkanes of at least 4 members (excludes halogenated alkanes) is 24. The van der Waals surface area contributed by atoms with Gasteiger partial charge in [0.15, 0.2) is 6.10 Å². The van der Waals surface area contributed by atoms with Crippen molar-refractivity contribution in [3.05, 3.63) is 0 Å². The van der Waals surface area contributed by atoms with E-state index in [1.807, 2.05) is 0 Å². The van der Waals surface area contributed by atoms with E-state index >= 15 is 0 Å². The number of hydrogen-bond acceptors (Lipinski definition) is 6. The Morgan fingerprint density at radius 1 is 0.364 bits per heavy atom. The normalized spacial score (nSPS) is 12.7. The molecule has 0 N–H and O–H groups in total. The largest absolute Gasteiger partial charge is 0.462 e. The number of carbonyl (C=O) groups is 3. The summed E-state index contributed by atoms with van der Waals surface area (Å²) in [6.07, 6.45) is 38.0. The minimum Gasteiger partial charge on any atom is -0.462 e. The van der Waals surface area contributed by atoms with E-state index in [4.69, 9.17) is 14.2 Å². The lowest BCUT2D eigenvalue weighted by Crippen LogP contribution is -2.30. The molecule has 6 heteroatoms. The average molecular weight is 779 g/mol. The molecule has 0 aliphatic carbocycles. The van der Waals surface area contributed by atoms with Crippen molar-refractivity contribution in [2.75, 3.05) is 13.2 Å². The van der Waals surface area contributed by atoms with E-state index in [9.17, 15) is 14.4 Å². The maximum Gasteiger partial charge on any atom is 0.306 e. The van der Waals surface area contributed by atoms with E-state index in [1.54, 1.807) is 0 Å². The van der Waals surface area contributed by atoms with Crippen LogP contribution in [0, 0.1) is 17.8 Å². The molecule has 0 amide bonds. The first-order chi connectivity index (χ1) is 26.6. The average Bonchev–Trinajstić information content (AvgIpc) is 3.15. The van der Waals surface area contributed by atoms with Crippen LogP contribution in [0.4, 0.5) is 0 Å². The van der Waals surface area contributed by atoms with Crippen molar-refractivity contribution in [2.45, 2.75) is 266 Å². The summed E-state index contributed by atoms with van der Waals surface area (Å²) in [6.45, 7) is 13.7. The highest BCUT2D eigenvalue weighted by molar-refractivity contribution is 5.71. The number of hydrogen-bond donors (Lipinski definition) is 0. The molecule has 55 heavy (non-hydrogen) atoms. The number of ether oxygens (including phenoxy) is 3. The third-order valence-electron chi connectivity index (χ3n) is 11.3. The monoisotopic (exact) mass is 779 g/mol. The van der Waals surface area contributed by atoms with Gasteiger partial charge in [0, 0.05) is 19.3 Å². The highest BCUT2D eigenvalue weighted by Crippen LogP contribution is 2.17. The zero-order chi connectivity index (χ0) is 40.6. The Kier molecular flexibility index (Phi) is 39.4. The van der Waals surface area contributed by atoms with Gasteiger partial charge in [-0.3, -0.25) is 14.4 Å². The molecule has 326 valence electrons. The Balaban J connectivity index is 4.34. The Hall–Kier alpha value is -1.59. The lowest BCUT2D eigenvalue weighted by Gasteiger charge is -2.18. The molecule has 0 aliphatic rings. The van der Waals surface area contributed by atoms with Crippen molar-refractivity contribution in [3.8, 4) is 0 Å². The minimum absolute atomic E-state index is 0.0660. The molecule has 0 spiro atoms. The van der Waals surface area contributed by atoms with Gasteiger partial charge in [0.2, 0.25) is 0 Å². The first-order valence-corrected chi connectivity index (χ1v) is 24.1. The van der Waals surface area contributed by atoms with Crippen LogP contribution in [0.3, 0.4) is 0 Å². The Morgan fingerprint density at radius 2 is 0.636 bits per heavy atom. The molecule has 6 nitrogen and oxygen atoms in total. The molecule has 1 unspecified atom stereocenters. The van der Waals surface area contributed by atoms with Crippen molar-refractivity contribution in [1.82, 2.24) is 0 Å². The summed E-state index contributed by atoms with van der Waals surface area (Å²) in [5.74, 6) is 1.61. The van der Waals surface area contributed by atoms with Crippen molar-refractivity contribution < 1.29 is 28.6 Å². The molecule has 0 fully saturated rings. The second kappa shape index (κ2) is 40.6. The van der Waals surface area contributed by atoms with Crippen molar-refractivity contribution in [3.63, 3.8) is 0 Å². The van der Waals surface area contributed by atoms with Gasteiger partial charge in [0.25, 0.3) is 0 Å². The Morgan fingerprint density at radius 3 is 0.945 bits per heavy atom. The molecule has 0 rings (SSSR count). The number of carbonyl (C=O) groups excluding carboxylic acids is 3. The summed E-state index contributed by atoms with van der Waals surface area (Å²) < 4.78 is 16.8. The van der Waals surface area contributed by atoms with Gasteiger partial charge in [-0.2, -0.15) is 0 Å². The van der Waals surface area contributed by atoms with Gasteiger partial charge >= 0.3 is 17.9 Å². The molecule has 0 aromatic rings. The summed E-state index contributed by atoms with van der Waals surface area (Å²) in [5.41, 5.74) is 0. The third kappa shape index (κ3) is 41.9. The fourth-order valence-corrected chi connectivity index (χ4v) is 7.20. The van der Waals surface area contributed by atoms with E-state index < -0.39 is 6.10 Å². The molecular formula is C49H94O6. The second-order valence-corrected chi connectivity index (χ2v) is 17.9. The van der Waals surface area contributed by atoms with Crippen LogP contribution in [0.2, 0.25) is 0 Å². The van der Waals surface area contributed by atoms with Gasteiger partial charge in [-0.05, 0) is 37.0 Å². The zero-order valence-electron chi connectivity index (χ0n) is 37.7. The van der Waals surface area contributed by atoms with Crippen LogP contribution >= 0.6 is 0 Å². The minimum atomic E-state index is -0.762. The highest BCUT2D eigenvalue weighted by atomic mass is 16.6. The molecule has 0 bridgehead atoms. The fourth-order valence-electron chi connectivity index (χ4n) is 7.20. The molecule has 0 saturated carbocycles. The van der Waals surface area contributed by atoms with Crippen LogP contribution in [0.5, 0.6) is 0 Å². The van der Waals surface area contributed by atoms with Crippen LogP contribution in [0.25, 0.3) is 0 Å². The van der Waals surface area contributed by atoms with E-state index in [2.05, 4.69) is 41.5 Å². The van der Waals surface area contributed by atoms with Crippen molar-refractivity contribution >= 4 is 17.9 Å². The van der Waals surface area contributed by atoms with E-state index in [-0.39, 0.29) is 31.1 Å². The number of esters is 3. The summed E-state index contributed by atoms with van der Waals surface area (Å²) in [6, 6.07) is 0. The Labute approximate surface area is 342 Å². The van der Waals surface area contributed by atoms with Gasteiger partial charge in [-0.25, -0.2) is 0 Å². The molecule has 0 aromatic carbocycles. The van der Waals surface area contributed by atoms with E-state index in [0.717, 1.165) is 75.5 Å². The lowest BCUT2D eigenvalue weighted by molar-refractivity contribution is -0.167. The topological polar surface area (TPSA) is 78.9 Å². The smallest absolute Gasteiger partial charge is 0.306 e. The first kappa shape index (κ1) is 53.4. The SMILES string of the molecule is CCC(C)CCCCCCCCCCC(=O)OC[C@@H](COC(=O)CCCCCCCCCCCCCC(C)C)OC(=O)CCCCCCCCCCC(C)C. The van der Waals surface area contributed by atoms with E-state index in [1.165, 1.54) is 141 Å². The molecule has 0 aromatic heterocycles. The summed E-state index contributed by atoms with van der Waals surface area (Å²) in [5, 5.41) is 0. The molecular weight excluding hydrogens is 685 g/mol. The quantitative estimate of drug-likeness (QED) is 0.0349. The second-order valence-electron chi connectivity index (χ2n) is 17.9. The molecule has 0 aliphatic heterocycles. The molecule has 0 radical (unpaired) electrons. The number of rotatable bonds is 42. The predicted molar refractivity (Wildman–Crippen MR) is 233 cm³/mol. The van der Waals surface area contributed by atoms with Crippen molar-refractivity contribution in [1.29, 1.82) is 0 Å². The highest BCUT2D eigenvalue weighted by Gasteiger charge is 2.19. The van der Waals surface area contributed by atoms with Crippen molar-refractivity contribution in [2.24, 2.45) is 17.8 Å². The van der Waals surface area contributed by atoms with E-state index in [0.29, 0.717) is 19.3 Å². The van der Waals surface area contributed by atoms with Crippen LogP contribution in [0.15, 0.2) is 0 Å². The maximum atomic E-state index is 12.7. The van der Waals surface area contributed by atoms with Gasteiger partial charge in [0.1, 0.15) is 13.2 Å². The summed E-state index contributed by atoms with van der Waals surface area (Å²) in [7, 11) is 0. The molecule has 0 saturated heterocycles. The maximum absolute atomic E-state index is 12.7. The van der Waals surface area contributed by atoms with Crippen LogP contribution in [-0.4, -0.2) is 37.2 Å². The summed E-state index contributed by atoms with van der Waals surface area (Å²) in [4.78, 5) is 37.8. The lowest BCUT2D eigenvalue weighted by atomic mass is 9.99. The standard InChI is InChI=1S/C49H94O6/c1-7-45(6)37-31-25-19-14-16-21-27-33-39-48(51)54-42-46(55-49(52)40-34-28-22-15-13-18-24-30-36-44(4)5)41-53-47(50)38-32-26-20-12-10-8-9-11-17-23-29-35-43(2)3/h43-46H,7-42H2,1-6H3/t45?,46-/m1/s1. The van der Waals surface area contributed by atoms with Crippen LogP contribution in [0.1, 0.15) is 260 Å². The molecule has 0 heterocycles. The van der Waals surface area contributed by atoms with Crippen LogP contribution in [-0.2, 0) is 28.6 Å². The van der Waals surface area contributed by atoms with Crippen LogP contribution < -0.4 is 0 Å². The van der Waals surface area contributed by atoms with Gasteiger partial charge < -0.3 is 14.2 Å². The van der Waals surface area contributed by atoms with Gasteiger partial charge in [0.05, 0.1) is 0 Å².